The van der Waals surface area contributed by atoms with Gasteiger partial charge in [0.25, 0.3) is 5.56 Å². The highest BCUT2D eigenvalue weighted by Crippen LogP contribution is 2.44. The smallest absolute Gasteiger partial charge is 0.330 e. The van der Waals surface area contributed by atoms with Crippen molar-refractivity contribution in [3.05, 3.63) is 96.2 Å². The van der Waals surface area contributed by atoms with E-state index in [9.17, 15) is 14.4 Å². The van der Waals surface area contributed by atoms with Crippen molar-refractivity contribution in [3.63, 3.8) is 0 Å². The van der Waals surface area contributed by atoms with Gasteiger partial charge in [0.15, 0.2) is 0 Å². The van der Waals surface area contributed by atoms with Crippen LogP contribution in [0.15, 0.2) is 58.1 Å². The van der Waals surface area contributed by atoms with E-state index in [2.05, 4.69) is 27.0 Å². The molecule has 0 radical (unpaired) electrons. The minimum atomic E-state index is -0.460. The summed E-state index contributed by atoms with van der Waals surface area (Å²) < 4.78 is 8.30. The number of hydrogen-bond donors (Lipinski definition) is 3. The summed E-state index contributed by atoms with van der Waals surface area (Å²) >= 11 is 14.2. The predicted octanol–water partition coefficient (Wildman–Crippen LogP) is 5.58. The quantitative estimate of drug-likeness (QED) is 0.191. The summed E-state index contributed by atoms with van der Waals surface area (Å²) in [4.78, 5) is 47.0. The lowest BCUT2D eigenvalue weighted by atomic mass is 9.99. The van der Waals surface area contributed by atoms with Gasteiger partial charge < -0.3 is 20.7 Å². The van der Waals surface area contributed by atoms with Gasteiger partial charge >= 0.3 is 5.69 Å². The van der Waals surface area contributed by atoms with Crippen LogP contribution in [-0.4, -0.2) is 44.7 Å². The molecule has 1 aliphatic heterocycles. The Morgan fingerprint density at radius 2 is 1.67 bits per heavy atom. The molecular weight excluding hydrogens is 665 g/mol. The number of benzene rings is 2. The van der Waals surface area contributed by atoms with Crippen LogP contribution < -0.4 is 31.9 Å². The number of nitrogens with one attached hydrogen (secondary N) is 3. The number of fused-ring (bicyclic) bond motifs is 2. The van der Waals surface area contributed by atoms with Crippen molar-refractivity contribution in [1.29, 1.82) is 0 Å². The van der Waals surface area contributed by atoms with E-state index in [1.54, 1.807) is 33.2 Å². The Kier molecular flexibility index (Phi) is 8.68. The van der Waals surface area contributed by atoms with Crippen LogP contribution in [0, 0.1) is 6.92 Å². The Labute approximate surface area is 292 Å². The zero-order chi connectivity index (χ0) is 34.6. The molecule has 5 aromatic rings. The molecule has 2 atom stereocenters. The molecule has 1 fully saturated rings. The van der Waals surface area contributed by atoms with Crippen molar-refractivity contribution in [2.24, 2.45) is 14.1 Å². The van der Waals surface area contributed by atoms with Crippen molar-refractivity contribution in [3.8, 4) is 28.3 Å². The molecule has 13 heteroatoms. The average molecular weight is 701 g/mol. The standard InChI is InChI=1S/C36H35Cl2N7O4/c1-18-15-27-30(35(47)45(3)36(48)44(27)2)33(40-18)42-25-10-6-8-22(32(25)38)21-7-5-9-23(31(21)37)26-16-19-11-13-24(29(19)34(43-26)49-4)39-17-20-12-14-28(46)41-20/h5-10,15-16,20,24,39H,11-14,17H2,1-4H3,(H,40,42)(H,41,46)/t20-,24-/m0/s1. The number of carbonyl (C=O) groups excluding carboxylic acids is 1. The molecular formula is C36H35Cl2N7O4. The third-order valence-corrected chi connectivity index (χ3v) is 10.3. The molecule has 0 spiro atoms. The van der Waals surface area contributed by atoms with Crippen molar-refractivity contribution in [2.45, 2.75) is 44.7 Å². The summed E-state index contributed by atoms with van der Waals surface area (Å²) in [5, 5.41) is 11.0. The van der Waals surface area contributed by atoms with E-state index in [1.165, 1.54) is 11.6 Å². The van der Waals surface area contributed by atoms with Crippen molar-refractivity contribution >= 4 is 51.5 Å². The maximum absolute atomic E-state index is 13.2. The van der Waals surface area contributed by atoms with Gasteiger partial charge in [-0.1, -0.05) is 53.5 Å². The molecule has 0 unspecified atom stereocenters. The van der Waals surface area contributed by atoms with E-state index in [0.29, 0.717) is 68.4 Å². The third-order valence-electron chi connectivity index (χ3n) is 9.45. The fourth-order valence-electron chi connectivity index (χ4n) is 6.92. The minimum absolute atomic E-state index is 0.0740. The molecule has 252 valence electrons. The first-order valence-corrected chi connectivity index (χ1v) is 16.8. The number of amides is 1. The molecule has 0 saturated carbocycles. The van der Waals surface area contributed by atoms with Gasteiger partial charge in [-0.3, -0.25) is 18.7 Å². The molecule has 2 aromatic carbocycles. The minimum Gasteiger partial charge on any atom is -0.481 e. The number of anilines is 2. The first-order chi connectivity index (χ1) is 23.5. The highest BCUT2D eigenvalue weighted by Gasteiger charge is 2.30. The topological polar surface area (TPSA) is 132 Å². The zero-order valence-corrected chi connectivity index (χ0v) is 29.0. The summed E-state index contributed by atoms with van der Waals surface area (Å²) in [6.07, 6.45) is 3.15. The number of aryl methyl sites for hydroxylation is 3. The van der Waals surface area contributed by atoms with Gasteiger partial charge in [-0.2, -0.15) is 0 Å². The number of hydrogen-bond acceptors (Lipinski definition) is 8. The van der Waals surface area contributed by atoms with E-state index in [4.69, 9.17) is 32.9 Å². The second kappa shape index (κ2) is 13.0. The van der Waals surface area contributed by atoms with E-state index in [0.717, 1.165) is 40.5 Å². The normalized spacial score (nSPS) is 17.0. The first-order valence-electron chi connectivity index (χ1n) is 16.1. The number of methoxy groups -OCH3 is 1. The maximum Gasteiger partial charge on any atom is 0.330 e. The van der Waals surface area contributed by atoms with E-state index in [-0.39, 0.29) is 23.4 Å². The fourth-order valence-corrected chi connectivity index (χ4v) is 7.52. The lowest BCUT2D eigenvalue weighted by Gasteiger charge is -2.20. The van der Waals surface area contributed by atoms with Crippen LogP contribution in [0.1, 0.15) is 42.1 Å². The van der Waals surface area contributed by atoms with Crippen LogP contribution in [0.5, 0.6) is 5.88 Å². The van der Waals surface area contributed by atoms with Crippen LogP contribution in [-0.2, 0) is 25.3 Å². The van der Waals surface area contributed by atoms with Gasteiger partial charge in [0.05, 0.1) is 34.1 Å². The van der Waals surface area contributed by atoms with Gasteiger partial charge in [0, 0.05) is 67.1 Å². The number of nitrogens with zero attached hydrogens (tertiary/aromatic N) is 4. The van der Waals surface area contributed by atoms with E-state index in [1.807, 2.05) is 30.3 Å². The molecule has 11 nitrogen and oxygen atoms in total. The first kappa shape index (κ1) is 32.8. The Bertz CT molecular complexity index is 2280. The predicted molar refractivity (Wildman–Crippen MR) is 192 cm³/mol. The van der Waals surface area contributed by atoms with Gasteiger partial charge in [-0.15, -0.1) is 0 Å². The van der Waals surface area contributed by atoms with E-state index < -0.39 is 11.2 Å². The van der Waals surface area contributed by atoms with Gasteiger partial charge in [-0.05, 0) is 49.9 Å². The number of ether oxygens (including phenoxy) is 1. The molecule has 1 saturated heterocycles. The van der Waals surface area contributed by atoms with Crippen LogP contribution in [0.4, 0.5) is 11.5 Å². The summed E-state index contributed by atoms with van der Waals surface area (Å²) in [5.74, 6) is 0.939. The average Bonchev–Trinajstić information content (AvgIpc) is 3.71. The number of rotatable bonds is 8. The summed E-state index contributed by atoms with van der Waals surface area (Å²) in [6.45, 7) is 2.49. The maximum atomic E-state index is 13.2. The lowest BCUT2D eigenvalue weighted by molar-refractivity contribution is -0.119. The van der Waals surface area contributed by atoms with Crippen LogP contribution >= 0.6 is 23.2 Å². The summed E-state index contributed by atoms with van der Waals surface area (Å²) in [7, 11) is 4.68. The van der Waals surface area contributed by atoms with Crippen molar-refractivity contribution < 1.29 is 9.53 Å². The highest BCUT2D eigenvalue weighted by molar-refractivity contribution is 6.39. The zero-order valence-electron chi connectivity index (χ0n) is 27.5. The lowest BCUT2D eigenvalue weighted by Crippen LogP contribution is -2.37. The number of halogens is 2. The van der Waals surface area contributed by atoms with Crippen molar-refractivity contribution in [2.75, 3.05) is 19.0 Å². The van der Waals surface area contributed by atoms with Crippen LogP contribution in [0.25, 0.3) is 33.3 Å². The number of aromatic nitrogens is 4. The molecule has 0 bridgehead atoms. The summed E-state index contributed by atoms with van der Waals surface area (Å²) in [6, 6.07) is 15.2. The van der Waals surface area contributed by atoms with Crippen LogP contribution in [0.2, 0.25) is 10.0 Å². The number of pyridine rings is 2. The Hall–Kier alpha value is -4.71. The third kappa shape index (κ3) is 5.85. The Morgan fingerprint density at radius 1 is 0.939 bits per heavy atom. The highest BCUT2D eigenvalue weighted by atomic mass is 35.5. The fraction of sp³-hybridized carbons (Fsp3) is 0.306. The molecule has 49 heavy (non-hydrogen) atoms. The Balaban J connectivity index is 1.23. The van der Waals surface area contributed by atoms with Crippen LogP contribution in [0.3, 0.4) is 0 Å². The summed E-state index contributed by atoms with van der Waals surface area (Å²) in [5.41, 5.74) is 5.70. The molecule has 4 heterocycles. The van der Waals surface area contributed by atoms with Gasteiger partial charge in [0.1, 0.15) is 11.2 Å². The van der Waals surface area contributed by atoms with Gasteiger partial charge in [-0.25, -0.2) is 14.8 Å². The van der Waals surface area contributed by atoms with Gasteiger partial charge in [0.2, 0.25) is 11.8 Å². The second-order valence-electron chi connectivity index (χ2n) is 12.6. The molecule has 1 amide bonds. The Morgan fingerprint density at radius 3 is 2.41 bits per heavy atom. The molecule has 1 aliphatic carbocycles. The molecule has 3 N–H and O–H groups in total. The van der Waals surface area contributed by atoms with Crippen molar-refractivity contribution in [1.82, 2.24) is 29.7 Å². The SMILES string of the molecule is COc1nc(-c2cccc(-c3cccc(Nc4nc(C)cc5c4c(=O)n(C)c(=O)n5C)c3Cl)c2Cl)cc2c1[C@@H](NC[C@@H]1CCC(=O)N1)CC2. The van der Waals surface area contributed by atoms with E-state index >= 15 is 0 Å². The molecule has 3 aromatic heterocycles. The largest absolute Gasteiger partial charge is 0.481 e. The molecule has 7 rings (SSSR count). The molecule has 2 aliphatic rings. The number of carbonyl (C=O) groups is 1. The monoisotopic (exact) mass is 699 g/mol. The second-order valence-corrected chi connectivity index (χ2v) is 13.3.